The van der Waals surface area contributed by atoms with Gasteiger partial charge < -0.3 is 14.2 Å². The molecule has 1 aromatic carbocycles. The molecule has 0 N–H and O–H groups in total. The highest BCUT2D eigenvalue weighted by molar-refractivity contribution is 5.94. The fourth-order valence-corrected chi connectivity index (χ4v) is 2.73. The summed E-state index contributed by atoms with van der Waals surface area (Å²) in [5.74, 6) is 0.954. The number of carbonyl (C=O) groups excluding carboxylic acids is 1. The Hall–Kier alpha value is -3.13. The number of nitrogens with zero attached hydrogens (tertiary/aromatic N) is 5. The van der Waals surface area contributed by atoms with Crippen molar-refractivity contribution in [2.75, 3.05) is 19.7 Å². The van der Waals surface area contributed by atoms with Crippen LogP contribution in [0.15, 0.2) is 47.2 Å². The molecule has 1 fully saturated rings. The lowest BCUT2D eigenvalue weighted by Gasteiger charge is -2.31. The molecule has 3 aromatic rings. The molecule has 0 radical (unpaired) electrons. The van der Waals surface area contributed by atoms with Crippen molar-refractivity contribution >= 4 is 5.91 Å². The quantitative estimate of drug-likeness (QED) is 0.713. The fraction of sp³-hybridized carbons (Fsp3) is 0.278. The van der Waals surface area contributed by atoms with Crippen LogP contribution in [-0.4, -0.2) is 50.6 Å². The molecule has 1 amide bonds. The van der Waals surface area contributed by atoms with Crippen LogP contribution in [0, 0.1) is 6.92 Å². The van der Waals surface area contributed by atoms with Gasteiger partial charge in [-0.2, -0.15) is 4.98 Å². The Morgan fingerprint density at radius 2 is 1.92 bits per heavy atom. The second-order valence-electron chi connectivity index (χ2n) is 6.01. The summed E-state index contributed by atoms with van der Waals surface area (Å²) in [5, 5.41) is 3.90. The summed E-state index contributed by atoms with van der Waals surface area (Å²) in [6.07, 6.45) is 2.75. The van der Waals surface area contributed by atoms with Gasteiger partial charge in [-0.1, -0.05) is 22.9 Å². The Morgan fingerprint density at radius 1 is 1.15 bits per heavy atom. The molecule has 0 saturated carbocycles. The van der Waals surface area contributed by atoms with Crippen LogP contribution >= 0.6 is 0 Å². The van der Waals surface area contributed by atoms with Crippen molar-refractivity contribution in [3.8, 4) is 11.6 Å². The van der Waals surface area contributed by atoms with E-state index in [0.29, 0.717) is 42.8 Å². The van der Waals surface area contributed by atoms with E-state index in [2.05, 4.69) is 20.1 Å². The standard InChI is InChI=1S/C18H17N5O3/c1-12-3-5-13(6-4-12)18(24)23-9-10-25-14(11-23)17-21-16(22-26-17)15-19-7-2-8-20-15/h2-8,14H,9-11H2,1H3/t14-/m1/s1. The predicted octanol–water partition coefficient (Wildman–Crippen LogP) is 2.05. The minimum absolute atomic E-state index is 0.0376. The van der Waals surface area contributed by atoms with E-state index >= 15 is 0 Å². The summed E-state index contributed by atoms with van der Waals surface area (Å²) >= 11 is 0. The lowest BCUT2D eigenvalue weighted by molar-refractivity contribution is -0.0367. The van der Waals surface area contributed by atoms with Gasteiger partial charge in [-0.25, -0.2) is 9.97 Å². The number of amides is 1. The third-order valence-corrected chi connectivity index (χ3v) is 4.14. The van der Waals surface area contributed by atoms with Crippen LogP contribution in [0.2, 0.25) is 0 Å². The summed E-state index contributed by atoms with van der Waals surface area (Å²) in [5.41, 5.74) is 1.77. The van der Waals surface area contributed by atoms with Crippen molar-refractivity contribution < 1.29 is 14.1 Å². The molecule has 1 atom stereocenters. The normalized spacial score (nSPS) is 17.3. The number of aromatic nitrogens is 4. The van der Waals surface area contributed by atoms with Gasteiger partial charge in [0.05, 0.1) is 13.2 Å². The molecule has 3 heterocycles. The predicted molar refractivity (Wildman–Crippen MR) is 91.1 cm³/mol. The van der Waals surface area contributed by atoms with Gasteiger partial charge in [0.25, 0.3) is 11.8 Å². The van der Waals surface area contributed by atoms with Gasteiger partial charge >= 0.3 is 0 Å². The number of morpholine rings is 1. The van der Waals surface area contributed by atoms with Crippen molar-refractivity contribution in [3.05, 3.63) is 59.7 Å². The summed E-state index contributed by atoms with van der Waals surface area (Å²) in [6, 6.07) is 9.23. The average Bonchev–Trinajstić information content (AvgIpc) is 3.19. The molecule has 0 unspecified atom stereocenters. The summed E-state index contributed by atoms with van der Waals surface area (Å²) in [7, 11) is 0. The topological polar surface area (TPSA) is 94.2 Å². The first-order valence-corrected chi connectivity index (χ1v) is 8.29. The van der Waals surface area contributed by atoms with Gasteiger partial charge in [0.15, 0.2) is 6.10 Å². The summed E-state index contributed by atoms with van der Waals surface area (Å²) in [6.45, 7) is 3.26. The van der Waals surface area contributed by atoms with Crippen LogP contribution in [0.3, 0.4) is 0 Å². The first-order valence-electron chi connectivity index (χ1n) is 8.29. The monoisotopic (exact) mass is 351 g/mol. The van der Waals surface area contributed by atoms with E-state index in [9.17, 15) is 4.79 Å². The molecule has 2 aromatic heterocycles. The van der Waals surface area contributed by atoms with Crippen LogP contribution in [0.25, 0.3) is 11.6 Å². The molecule has 0 bridgehead atoms. The van der Waals surface area contributed by atoms with Gasteiger partial charge in [-0.05, 0) is 25.1 Å². The lowest BCUT2D eigenvalue weighted by atomic mass is 10.1. The van der Waals surface area contributed by atoms with Gasteiger partial charge in [-0.3, -0.25) is 4.79 Å². The Morgan fingerprint density at radius 3 is 2.69 bits per heavy atom. The van der Waals surface area contributed by atoms with E-state index in [0.717, 1.165) is 5.56 Å². The number of ether oxygens (including phenoxy) is 1. The molecular formula is C18H17N5O3. The Kier molecular flexibility index (Phi) is 4.40. The maximum Gasteiger partial charge on any atom is 0.258 e. The number of benzene rings is 1. The third kappa shape index (κ3) is 3.31. The smallest absolute Gasteiger partial charge is 0.258 e. The Bertz CT molecular complexity index is 895. The fourth-order valence-electron chi connectivity index (χ4n) is 2.73. The van der Waals surface area contributed by atoms with E-state index in [1.807, 2.05) is 31.2 Å². The molecule has 1 aliphatic rings. The zero-order valence-electron chi connectivity index (χ0n) is 14.2. The SMILES string of the molecule is Cc1ccc(C(=O)N2CCO[C@@H](c3nc(-c4ncccn4)no3)C2)cc1. The highest BCUT2D eigenvalue weighted by Crippen LogP contribution is 2.23. The zero-order chi connectivity index (χ0) is 17.9. The van der Waals surface area contributed by atoms with Crippen molar-refractivity contribution in [3.63, 3.8) is 0 Å². The van der Waals surface area contributed by atoms with E-state index < -0.39 is 6.10 Å². The second kappa shape index (κ2) is 7.01. The van der Waals surface area contributed by atoms with Crippen molar-refractivity contribution in [2.24, 2.45) is 0 Å². The van der Waals surface area contributed by atoms with Crippen LogP contribution < -0.4 is 0 Å². The molecule has 8 nitrogen and oxygen atoms in total. The molecule has 1 aliphatic heterocycles. The number of carbonyl (C=O) groups is 1. The van der Waals surface area contributed by atoms with Crippen LogP contribution in [-0.2, 0) is 4.74 Å². The van der Waals surface area contributed by atoms with Gasteiger partial charge in [0, 0.05) is 24.5 Å². The summed E-state index contributed by atoms with van der Waals surface area (Å²) < 4.78 is 11.0. The van der Waals surface area contributed by atoms with E-state index in [1.165, 1.54) is 0 Å². The molecule has 8 heteroatoms. The van der Waals surface area contributed by atoms with Crippen LogP contribution in [0.5, 0.6) is 0 Å². The number of hydrogen-bond acceptors (Lipinski definition) is 7. The lowest BCUT2D eigenvalue weighted by Crippen LogP contribution is -2.42. The van der Waals surface area contributed by atoms with Gasteiger partial charge in [0.2, 0.25) is 11.6 Å². The minimum atomic E-state index is -0.469. The highest BCUT2D eigenvalue weighted by Gasteiger charge is 2.30. The third-order valence-electron chi connectivity index (χ3n) is 4.14. The van der Waals surface area contributed by atoms with E-state index in [1.54, 1.807) is 23.4 Å². The zero-order valence-corrected chi connectivity index (χ0v) is 14.2. The van der Waals surface area contributed by atoms with Crippen LogP contribution in [0.1, 0.15) is 27.9 Å². The molecule has 1 saturated heterocycles. The Labute approximate surface area is 149 Å². The second-order valence-corrected chi connectivity index (χ2v) is 6.01. The van der Waals surface area contributed by atoms with E-state index in [4.69, 9.17) is 9.26 Å². The molecule has 26 heavy (non-hydrogen) atoms. The van der Waals surface area contributed by atoms with Crippen molar-refractivity contribution in [2.45, 2.75) is 13.0 Å². The average molecular weight is 351 g/mol. The van der Waals surface area contributed by atoms with Crippen LogP contribution in [0.4, 0.5) is 0 Å². The number of aryl methyl sites for hydroxylation is 1. The molecule has 132 valence electrons. The first kappa shape index (κ1) is 16.3. The molecule has 0 aliphatic carbocycles. The van der Waals surface area contributed by atoms with Gasteiger partial charge in [-0.15, -0.1) is 0 Å². The van der Waals surface area contributed by atoms with E-state index in [-0.39, 0.29) is 5.91 Å². The van der Waals surface area contributed by atoms with Crippen molar-refractivity contribution in [1.29, 1.82) is 0 Å². The maximum atomic E-state index is 12.7. The maximum absolute atomic E-state index is 12.7. The largest absolute Gasteiger partial charge is 0.365 e. The minimum Gasteiger partial charge on any atom is -0.365 e. The Balaban J connectivity index is 1.49. The highest BCUT2D eigenvalue weighted by atomic mass is 16.5. The molecule has 4 rings (SSSR count). The van der Waals surface area contributed by atoms with Crippen molar-refractivity contribution in [1.82, 2.24) is 25.0 Å². The molecular weight excluding hydrogens is 334 g/mol. The first-order chi connectivity index (χ1) is 12.7. The molecule has 0 spiro atoms. The van der Waals surface area contributed by atoms with Gasteiger partial charge in [0.1, 0.15) is 0 Å². The number of rotatable bonds is 3. The summed E-state index contributed by atoms with van der Waals surface area (Å²) in [4.78, 5) is 26.9. The number of hydrogen-bond donors (Lipinski definition) is 0.